The topological polar surface area (TPSA) is 79.7 Å². The van der Waals surface area contributed by atoms with Crippen LogP contribution >= 0.6 is 0 Å². The molecule has 0 bridgehead atoms. The van der Waals surface area contributed by atoms with Gasteiger partial charge in [0.25, 0.3) is 0 Å². The second-order valence-corrected chi connectivity index (χ2v) is 4.00. The van der Waals surface area contributed by atoms with Crippen molar-refractivity contribution >= 4 is 5.97 Å². The lowest BCUT2D eigenvalue weighted by atomic mass is 9.99. The van der Waals surface area contributed by atoms with Crippen LogP contribution in [-0.4, -0.2) is 28.3 Å². The van der Waals surface area contributed by atoms with Gasteiger partial charge in [0.05, 0.1) is 30.5 Å². The molecule has 2 N–H and O–H groups in total. The molecule has 20 heavy (non-hydrogen) atoms. The number of methoxy groups -OCH3 is 1. The molecule has 1 heterocycles. The molecule has 0 radical (unpaired) electrons. The van der Waals surface area contributed by atoms with Crippen molar-refractivity contribution in [1.29, 1.82) is 0 Å². The number of hydrogen-bond donors (Lipinski definition) is 2. The summed E-state index contributed by atoms with van der Waals surface area (Å²) in [5, 5.41) is 18.2. The molecule has 1 aromatic heterocycles. The van der Waals surface area contributed by atoms with Crippen LogP contribution in [0.2, 0.25) is 0 Å². The van der Waals surface area contributed by atoms with Crippen LogP contribution in [0.3, 0.4) is 0 Å². The van der Waals surface area contributed by atoms with Crippen molar-refractivity contribution in [1.82, 2.24) is 4.98 Å². The number of aromatic carboxylic acids is 1. The molecule has 0 saturated heterocycles. The number of rotatable bonds is 4. The van der Waals surface area contributed by atoms with E-state index in [0.29, 0.717) is 0 Å². The van der Waals surface area contributed by atoms with Crippen LogP contribution in [0.25, 0.3) is 11.1 Å². The van der Waals surface area contributed by atoms with Gasteiger partial charge < -0.3 is 14.9 Å². The van der Waals surface area contributed by atoms with Gasteiger partial charge >= 0.3 is 5.97 Å². The third-order valence-corrected chi connectivity index (χ3v) is 2.82. The summed E-state index contributed by atoms with van der Waals surface area (Å²) in [4.78, 5) is 15.2. The van der Waals surface area contributed by atoms with Crippen molar-refractivity contribution in [2.45, 2.75) is 6.61 Å². The standard InChI is InChI=1S/C14H12FNO4/c1-20-12-4-2-3-11(15)13(12)10-6-16-8(7-17)5-9(10)14(18)19/h2-6,17H,7H2,1H3,(H,18,19). The highest BCUT2D eigenvalue weighted by molar-refractivity contribution is 5.96. The van der Waals surface area contributed by atoms with E-state index in [2.05, 4.69) is 4.98 Å². The van der Waals surface area contributed by atoms with Crippen molar-refractivity contribution in [2.24, 2.45) is 0 Å². The molecule has 2 rings (SSSR count). The summed E-state index contributed by atoms with van der Waals surface area (Å²) in [7, 11) is 1.37. The van der Waals surface area contributed by atoms with Crippen LogP contribution in [0.15, 0.2) is 30.5 Å². The number of halogens is 1. The number of aromatic nitrogens is 1. The smallest absolute Gasteiger partial charge is 0.336 e. The Hall–Kier alpha value is -2.47. The fraction of sp³-hybridized carbons (Fsp3) is 0.143. The number of nitrogens with zero attached hydrogens (tertiary/aromatic N) is 1. The van der Waals surface area contributed by atoms with E-state index in [0.717, 1.165) is 0 Å². The predicted octanol–water partition coefficient (Wildman–Crippen LogP) is 2.09. The zero-order valence-corrected chi connectivity index (χ0v) is 10.6. The molecule has 2 aromatic rings. The molecule has 0 atom stereocenters. The number of aliphatic hydroxyl groups is 1. The van der Waals surface area contributed by atoms with Gasteiger partial charge in [-0.05, 0) is 18.2 Å². The Bertz CT molecular complexity index is 658. The van der Waals surface area contributed by atoms with Gasteiger partial charge in [0.15, 0.2) is 0 Å². The SMILES string of the molecule is COc1cccc(F)c1-c1cnc(CO)cc1C(=O)O. The Morgan fingerprint density at radius 2 is 2.20 bits per heavy atom. The van der Waals surface area contributed by atoms with E-state index in [-0.39, 0.29) is 28.1 Å². The van der Waals surface area contributed by atoms with E-state index in [1.54, 1.807) is 0 Å². The largest absolute Gasteiger partial charge is 0.496 e. The number of carboxylic acids is 1. The van der Waals surface area contributed by atoms with Gasteiger partial charge in [0.2, 0.25) is 0 Å². The van der Waals surface area contributed by atoms with Gasteiger partial charge in [0.1, 0.15) is 11.6 Å². The molecule has 0 unspecified atom stereocenters. The Balaban J connectivity index is 2.73. The monoisotopic (exact) mass is 277 g/mol. The van der Waals surface area contributed by atoms with Gasteiger partial charge in [-0.3, -0.25) is 4.98 Å². The zero-order valence-electron chi connectivity index (χ0n) is 10.6. The van der Waals surface area contributed by atoms with Crippen LogP contribution in [0.5, 0.6) is 5.75 Å². The zero-order chi connectivity index (χ0) is 14.7. The van der Waals surface area contributed by atoms with Crippen LogP contribution in [0.1, 0.15) is 16.1 Å². The molecule has 0 spiro atoms. The average molecular weight is 277 g/mol. The third kappa shape index (κ3) is 2.46. The second kappa shape index (κ2) is 5.66. The molecule has 0 amide bonds. The quantitative estimate of drug-likeness (QED) is 0.894. The minimum absolute atomic E-state index is 0.0318. The molecular formula is C14H12FNO4. The summed E-state index contributed by atoms with van der Waals surface area (Å²) < 4.78 is 19.1. The summed E-state index contributed by atoms with van der Waals surface area (Å²) in [6, 6.07) is 5.42. The van der Waals surface area contributed by atoms with Gasteiger partial charge in [-0.1, -0.05) is 6.07 Å². The number of carbonyl (C=O) groups is 1. The highest BCUT2D eigenvalue weighted by atomic mass is 19.1. The first-order chi connectivity index (χ1) is 9.58. The van der Waals surface area contributed by atoms with Crippen LogP contribution in [-0.2, 0) is 6.61 Å². The predicted molar refractivity (Wildman–Crippen MR) is 69.1 cm³/mol. The fourth-order valence-corrected chi connectivity index (χ4v) is 1.90. The molecule has 104 valence electrons. The van der Waals surface area contributed by atoms with E-state index in [1.807, 2.05) is 0 Å². The minimum atomic E-state index is -1.23. The first-order valence-electron chi connectivity index (χ1n) is 5.74. The van der Waals surface area contributed by atoms with Crippen LogP contribution in [0.4, 0.5) is 4.39 Å². The number of pyridine rings is 1. The molecule has 6 heteroatoms. The molecule has 5 nitrogen and oxygen atoms in total. The summed E-state index contributed by atoms with van der Waals surface area (Å²) in [5.74, 6) is -1.63. The Morgan fingerprint density at radius 3 is 2.80 bits per heavy atom. The first-order valence-corrected chi connectivity index (χ1v) is 5.74. The molecule has 0 aliphatic carbocycles. The molecular weight excluding hydrogens is 265 g/mol. The highest BCUT2D eigenvalue weighted by Crippen LogP contribution is 2.34. The Labute approximate surface area is 114 Å². The van der Waals surface area contributed by atoms with Gasteiger partial charge in [0, 0.05) is 11.8 Å². The van der Waals surface area contributed by atoms with Crippen LogP contribution < -0.4 is 4.74 Å². The number of carboxylic acid groups (broad SMARTS) is 1. The number of aliphatic hydroxyl groups excluding tert-OH is 1. The molecule has 0 aliphatic heterocycles. The number of hydrogen-bond acceptors (Lipinski definition) is 4. The minimum Gasteiger partial charge on any atom is -0.496 e. The normalized spacial score (nSPS) is 10.3. The van der Waals surface area contributed by atoms with Crippen molar-refractivity contribution < 1.29 is 24.1 Å². The van der Waals surface area contributed by atoms with Crippen molar-refractivity contribution in [2.75, 3.05) is 7.11 Å². The van der Waals surface area contributed by atoms with E-state index in [9.17, 15) is 14.3 Å². The maximum absolute atomic E-state index is 14.0. The van der Waals surface area contributed by atoms with E-state index in [1.165, 1.54) is 37.6 Å². The van der Waals surface area contributed by atoms with Gasteiger partial charge in [-0.25, -0.2) is 9.18 Å². The molecule has 0 saturated carbocycles. The van der Waals surface area contributed by atoms with Crippen LogP contribution in [0, 0.1) is 5.82 Å². The lowest BCUT2D eigenvalue weighted by Gasteiger charge is -2.12. The van der Waals surface area contributed by atoms with Crippen molar-refractivity contribution in [3.63, 3.8) is 0 Å². The van der Waals surface area contributed by atoms with Gasteiger partial charge in [-0.15, -0.1) is 0 Å². The van der Waals surface area contributed by atoms with E-state index < -0.39 is 18.4 Å². The fourth-order valence-electron chi connectivity index (χ4n) is 1.90. The molecule has 0 fully saturated rings. The summed E-state index contributed by atoms with van der Waals surface area (Å²) in [5.41, 5.74) is 0.183. The third-order valence-electron chi connectivity index (χ3n) is 2.82. The van der Waals surface area contributed by atoms with E-state index >= 15 is 0 Å². The van der Waals surface area contributed by atoms with E-state index in [4.69, 9.17) is 9.84 Å². The summed E-state index contributed by atoms with van der Waals surface area (Å²) >= 11 is 0. The van der Waals surface area contributed by atoms with Crippen molar-refractivity contribution in [3.8, 4) is 16.9 Å². The van der Waals surface area contributed by atoms with Crippen molar-refractivity contribution in [3.05, 3.63) is 47.5 Å². The summed E-state index contributed by atoms with van der Waals surface area (Å²) in [6.07, 6.45) is 1.22. The maximum Gasteiger partial charge on any atom is 0.336 e. The summed E-state index contributed by atoms with van der Waals surface area (Å²) in [6.45, 7) is -0.394. The molecule has 0 aliphatic rings. The Morgan fingerprint density at radius 1 is 1.45 bits per heavy atom. The number of ether oxygens (including phenoxy) is 1. The lowest BCUT2D eigenvalue weighted by Crippen LogP contribution is -2.05. The lowest BCUT2D eigenvalue weighted by molar-refractivity contribution is 0.0697. The first kappa shape index (κ1) is 14.0. The highest BCUT2D eigenvalue weighted by Gasteiger charge is 2.19. The Kier molecular flexibility index (Phi) is 3.95. The average Bonchev–Trinajstić information content (AvgIpc) is 2.46. The maximum atomic E-state index is 14.0. The number of benzene rings is 1. The van der Waals surface area contributed by atoms with Gasteiger partial charge in [-0.2, -0.15) is 0 Å². The molecule has 1 aromatic carbocycles. The second-order valence-electron chi connectivity index (χ2n) is 4.00.